The summed E-state index contributed by atoms with van der Waals surface area (Å²) in [7, 11) is 1.73. The second-order valence-electron chi connectivity index (χ2n) is 3.78. The molecule has 0 saturated heterocycles. The molecule has 2 aromatic heterocycles. The molecule has 96 valence electrons. The zero-order valence-electron chi connectivity index (χ0n) is 9.35. The van der Waals surface area contributed by atoms with Gasteiger partial charge < -0.3 is 0 Å². The fourth-order valence-corrected chi connectivity index (χ4v) is 1.47. The van der Waals surface area contributed by atoms with Gasteiger partial charge in [-0.2, -0.15) is 23.4 Å². The zero-order valence-corrected chi connectivity index (χ0v) is 9.35. The van der Waals surface area contributed by atoms with E-state index in [4.69, 9.17) is 0 Å². The molecule has 8 heteroatoms. The molecule has 2 heterocycles. The second kappa shape index (κ2) is 4.28. The highest BCUT2D eigenvalue weighted by Gasteiger charge is 2.39. The molecule has 0 N–H and O–H groups in total. The van der Waals surface area contributed by atoms with Crippen LogP contribution in [-0.4, -0.2) is 31.5 Å². The third-order valence-corrected chi connectivity index (χ3v) is 2.26. The Morgan fingerprint density at radius 3 is 2.56 bits per heavy atom. The van der Waals surface area contributed by atoms with Crippen molar-refractivity contribution in [1.82, 2.24) is 19.6 Å². The minimum Gasteiger partial charge on any atom is -0.284 e. The van der Waals surface area contributed by atoms with Crippen molar-refractivity contribution in [3.8, 4) is 0 Å². The van der Waals surface area contributed by atoms with Gasteiger partial charge >= 0.3 is 6.18 Å². The molecule has 0 amide bonds. The lowest BCUT2D eigenvalue weighted by atomic mass is 10.2. The van der Waals surface area contributed by atoms with Crippen molar-refractivity contribution in [2.24, 2.45) is 7.05 Å². The van der Waals surface area contributed by atoms with Crippen LogP contribution in [0.25, 0.3) is 0 Å². The summed E-state index contributed by atoms with van der Waals surface area (Å²) in [6, 6.07) is 0. The molecule has 5 nitrogen and oxygen atoms in total. The van der Waals surface area contributed by atoms with Crippen molar-refractivity contribution in [2.75, 3.05) is 0 Å². The minimum absolute atomic E-state index is 0.263. The van der Waals surface area contributed by atoms with Crippen LogP contribution in [0.2, 0.25) is 0 Å². The number of hydrogen-bond donors (Lipinski definition) is 0. The summed E-state index contributed by atoms with van der Waals surface area (Å²) in [5, 5.41) is 7.64. The van der Waals surface area contributed by atoms with Crippen molar-refractivity contribution in [3.63, 3.8) is 0 Å². The molecule has 0 aliphatic rings. The molecule has 2 aromatic rings. The highest BCUT2D eigenvalue weighted by Crippen LogP contribution is 2.21. The lowest BCUT2D eigenvalue weighted by molar-refractivity contribution is -0.0885. The summed E-state index contributed by atoms with van der Waals surface area (Å²) < 4.78 is 39.4. The Hall–Kier alpha value is -2.12. The summed E-state index contributed by atoms with van der Waals surface area (Å²) in [6.45, 7) is 0.263. The van der Waals surface area contributed by atoms with E-state index in [0.717, 1.165) is 18.0 Å². The standard InChI is InChI=1S/C10H9F3N4O/c1-16-4-7(2-14-16)5-17-6-8(3-15-17)9(18)10(11,12)13/h2-4,6H,5H2,1H3. The van der Waals surface area contributed by atoms with Crippen LogP contribution in [0.3, 0.4) is 0 Å². The van der Waals surface area contributed by atoms with E-state index >= 15 is 0 Å². The van der Waals surface area contributed by atoms with Crippen LogP contribution in [0.4, 0.5) is 13.2 Å². The minimum atomic E-state index is -4.87. The fourth-order valence-electron chi connectivity index (χ4n) is 1.47. The first-order valence-electron chi connectivity index (χ1n) is 4.98. The van der Waals surface area contributed by atoms with Crippen LogP contribution in [0.1, 0.15) is 15.9 Å². The third-order valence-electron chi connectivity index (χ3n) is 2.26. The van der Waals surface area contributed by atoms with E-state index in [-0.39, 0.29) is 6.54 Å². The lowest BCUT2D eigenvalue weighted by Gasteiger charge is -2.01. The molecule has 0 aliphatic heterocycles. The topological polar surface area (TPSA) is 52.7 Å². The second-order valence-corrected chi connectivity index (χ2v) is 3.78. The third kappa shape index (κ3) is 2.58. The predicted octanol–water partition coefficient (Wildman–Crippen LogP) is 1.41. The average molecular weight is 258 g/mol. The van der Waals surface area contributed by atoms with Crippen LogP contribution in [-0.2, 0) is 13.6 Å². The van der Waals surface area contributed by atoms with E-state index in [9.17, 15) is 18.0 Å². The number of ketones is 1. The van der Waals surface area contributed by atoms with Gasteiger partial charge in [0.15, 0.2) is 0 Å². The van der Waals surface area contributed by atoms with Crippen molar-refractivity contribution < 1.29 is 18.0 Å². The normalized spacial score (nSPS) is 11.8. The first kappa shape index (κ1) is 12.3. The van der Waals surface area contributed by atoms with E-state index in [1.54, 1.807) is 24.1 Å². The van der Waals surface area contributed by atoms with Gasteiger partial charge in [-0.25, -0.2) is 0 Å². The van der Waals surface area contributed by atoms with Crippen LogP contribution in [0, 0.1) is 0 Å². The number of aromatic nitrogens is 4. The largest absolute Gasteiger partial charge is 0.454 e. The van der Waals surface area contributed by atoms with E-state index < -0.39 is 17.5 Å². The summed E-state index contributed by atoms with van der Waals surface area (Å²) >= 11 is 0. The smallest absolute Gasteiger partial charge is 0.284 e. The Labute approximate surface area is 99.8 Å². The maximum Gasteiger partial charge on any atom is 0.454 e. The summed E-state index contributed by atoms with van der Waals surface area (Å²) in [5.74, 6) is -1.89. The fraction of sp³-hybridized carbons (Fsp3) is 0.300. The molecule has 0 atom stereocenters. The van der Waals surface area contributed by atoms with Gasteiger partial charge in [-0.05, 0) is 0 Å². The van der Waals surface area contributed by atoms with E-state index in [2.05, 4.69) is 10.2 Å². The maximum absolute atomic E-state index is 12.2. The maximum atomic E-state index is 12.2. The van der Waals surface area contributed by atoms with Crippen LogP contribution in [0.5, 0.6) is 0 Å². The number of rotatable bonds is 3. The number of nitrogens with zero attached hydrogens (tertiary/aromatic N) is 4. The predicted molar refractivity (Wildman–Crippen MR) is 54.9 cm³/mol. The summed E-state index contributed by atoms with van der Waals surface area (Å²) in [4.78, 5) is 10.9. The molecular formula is C10H9F3N4O. The Morgan fingerprint density at radius 1 is 1.28 bits per heavy atom. The van der Waals surface area contributed by atoms with Crippen molar-refractivity contribution in [3.05, 3.63) is 35.9 Å². The first-order chi connectivity index (χ1) is 8.36. The molecule has 18 heavy (non-hydrogen) atoms. The van der Waals surface area contributed by atoms with Gasteiger partial charge in [0.05, 0.1) is 24.5 Å². The average Bonchev–Trinajstić information content (AvgIpc) is 2.86. The number of alkyl halides is 3. The molecular weight excluding hydrogens is 249 g/mol. The molecule has 0 aliphatic carbocycles. The monoisotopic (exact) mass is 258 g/mol. The Bertz CT molecular complexity index is 570. The molecule has 0 unspecified atom stereocenters. The first-order valence-corrected chi connectivity index (χ1v) is 4.98. The van der Waals surface area contributed by atoms with Gasteiger partial charge in [0.1, 0.15) is 0 Å². The highest BCUT2D eigenvalue weighted by molar-refractivity contribution is 5.99. The van der Waals surface area contributed by atoms with Crippen molar-refractivity contribution in [1.29, 1.82) is 0 Å². The number of hydrogen-bond acceptors (Lipinski definition) is 3. The van der Waals surface area contributed by atoms with Gasteiger partial charge in [0, 0.05) is 25.0 Å². The molecule has 0 radical (unpaired) electrons. The number of Topliss-reactive ketones (excluding diaryl/α,β-unsaturated/α-hetero) is 1. The molecule has 0 aromatic carbocycles. The molecule has 0 bridgehead atoms. The van der Waals surface area contributed by atoms with Crippen LogP contribution in [0.15, 0.2) is 24.8 Å². The Balaban J connectivity index is 2.14. The molecule has 2 rings (SSSR count). The Kier molecular flexibility index (Phi) is 2.93. The lowest BCUT2D eigenvalue weighted by Crippen LogP contribution is -2.22. The van der Waals surface area contributed by atoms with Crippen LogP contribution < -0.4 is 0 Å². The van der Waals surface area contributed by atoms with Gasteiger partial charge in [-0.3, -0.25) is 14.2 Å². The Morgan fingerprint density at radius 2 is 2.00 bits per heavy atom. The van der Waals surface area contributed by atoms with Gasteiger partial charge in [0.25, 0.3) is 5.78 Å². The van der Waals surface area contributed by atoms with Crippen molar-refractivity contribution in [2.45, 2.75) is 12.7 Å². The van der Waals surface area contributed by atoms with Gasteiger partial charge in [0.2, 0.25) is 0 Å². The SMILES string of the molecule is Cn1cc(Cn2cc(C(=O)C(F)(F)F)cn2)cn1. The number of halogens is 3. The van der Waals surface area contributed by atoms with E-state index in [1.165, 1.54) is 4.68 Å². The zero-order chi connectivity index (χ0) is 13.3. The summed E-state index contributed by atoms with van der Waals surface area (Å²) in [6.07, 6.45) is 0.400. The number of aryl methyl sites for hydroxylation is 1. The molecule has 0 spiro atoms. The van der Waals surface area contributed by atoms with E-state index in [0.29, 0.717) is 0 Å². The number of carbonyl (C=O) groups excluding carboxylic acids is 1. The van der Waals surface area contributed by atoms with Crippen molar-refractivity contribution >= 4 is 5.78 Å². The highest BCUT2D eigenvalue weighted by atomic mass is 19.4. The van der Waals surface area contributed by atoms with Gasteiger partial charge in [-0.1, -0.05) is 0 Å². The number of carbonyl (C=O) groups is 1. The quantitative estimate of drug-likeness (QED) is 0.782. The van der Waals surface area contributed by atoms with Crippen LogP contribution >= 0.6 is 0 Å². The molecule has 0 fully saturated rings. The van der Waals surface area contributed by atoms with Gasteiger partial charge in [-0.15, -0.1) is 0 Å². The summed E-state index contributed by atoms with van der Waals surface area (Å²) in [5.41, 5.74) is 0.318. The molecule has 0 saturated carbocycles. The van der Waals surface area contributed by atoms with E-state index in [1.807, 2.05) is 0 Å².